The van der Waals surface area contributed by atoms with Gasteiger partial charge in [-0.05, 0) is 39.5 Å². The molecule has 19 heavy (non-hydrogen) atoms. The highest BCUT2D eigenvalue weighted by atomic mass is 16.5. The lowest BCUT2D eigenvalue weighted by Crippen LogP contribution is -2.63. The molecule has 0 saturated carbocycles. The smallest absolute Gasteiger partial charge is 0.333 e. The zero-order valence-corrected chi connectivity index (χ0v) is 12.5. The van der Waals surface area contributed by atoms with E-state index in [0.717, 1.165) is 0 Å². The summed E-state index contributed by atoms with van der Waals surface area (Å²) in [7, 11) is 0. The van der Waals surface area contributed by atoms with Gasteiger partial charge in [-0.1, -0.05) is 6.58 Å². The number of rotatable bonds is 4. The van der Waals surface area contributed by atoms with Crippen LogP contribution >= 0.6 is 0 Å². The Bertz CT molecular complexity index is 349. The molecule has 3 heteroatoms. The highest BCUT2D eigenvalue weighted by molar-refractivity contribution is 5.86. The molecule has 3 atom stereocenters. The van der Waals surface area contributed by atoms with Gasteiger partial charge in [-0.3, -0.25) is 0 Å². The van der Waals surface area contributed by atoms with E-state index in [2.05, 4.69) is 13.5 Å². The van der Waals surface area contributed by atoms with Crippen molar-refractivity contribution in [2.45, 2.75) is 52.0 Å². The van der Waals surface area contributed by atoms with Gasteiger partial charge >= 0.3 is 5.97 Å². The Hall–Kier alpha value is -0.830. The molecule has 0 bridgehead atoms. The number of hydrogen-bond donors (Lipinski definition) is 0. The van der Waals surface area contributed by atoms with Gasteiger partial charge in [-0.25, -0.2) is 4.79 Å². The Morgan fingerprint density at radius 2 is 2.00 bits per heavy atom. The lowest BCUT2D eigenvalue weighted by molar-refractivity contribution is -0.962. The molecule has 108 valence electrons. The molecule has 2 rings (SSSR count). The molecule has 0 amide bonds. The second-order valence-electron chi connectivity index (χ2n) is 6.33. The molecule has 3 unspecified atom stereocenters. The van der Waals surface area contributed by atoms with Crippen LogP contribution in [0.1, 0.15) is 46.0 Å². The monoisotopic (exact) mass is 266 g/mol. The quantitative estimate of drug-likeness (QED) is 0.444. The van der Waals surface area contributed by atoms with Crippen LogP contribution in [0.3, 0.4) is 0 Å². The fourth-order valence-corrected chi connectivity index (χ4v) is 4.09. The number of carbonyl (C=O) groups is 1. The van der Waals surface area contributed by atoms with Gasteiger partial charge in [0.1, 0.15) is 6.61 Å². The molecular formula is C16H28NO2+. The minimum atomic E-state index is -0.226. The fourth-order valence-electron chi connectivity index (χ4n) is 4.09. The molecule has 2 fully saturated rings. The van der Waals surface area contributed by atoms with E-state index >= 15 is 0 Å². The number of piperidine rings is 2. The van der Waals surface area contributed by atoms with Gasteiger partial charge in [0.25, 0.3) is 0 Å². The van der Waals surface area contributed by atoms with Crippen LogP contribution in [0.5, 0.6) is 0 Å². The van der Waals surface area contributed by atoms with E-state index in [0.29, 0.717) is 24.1 Å². The van der Waals surface area contributed by atoms with E-state index in [1.54, 1.807) is 6.92 Å². The van der Waals surface area contributed by atoms with E-state index in [-0.39, 0.29) is 5.97 Å². The Kier molecular flexibility index (Phi) is 4.67. The van der Waals surface area contributed by atoms with Gasteiger partial charge in [0.2, 0.25) is 0 Å². The third kappa shape index (κ3) is 3.02. The van der Waals surface area contributed by atoms with Gasteiger partial charge in [0, 0.05) is 17.9 Å². The number of quaternary nitrogens is 1. The summed E-state index contributed by atoms with van der Waals surface area (Å²) in [5.41, 5.74) is 0.510. The summed E-state index contributed by atoms with van der Waals surface area (Å²) in [5, 5.41) is 0. The normalized spacial score (nSPS) is 34.4. The van der Waals surface area contributed by atoms with Crippen molar-refractivity contribution < 1.29 is 14.0 Å². The minimum absolute atomic E-state index is 0.226. The first-order valence-electron chi connectivity index (χ1n) is 7.77. The van der Waals surface area contributed by atoms with E-state index < -0.39 is 0 Å². The van der Waals surface area contributed by atoms with Crippen LogP contribution in [-0.4, -0.2) is 42.7 Å². The van der Waals surface area contributed by atoms with E-state index in [1.807, 2.05) is 0 Å². The van der Waals surface area contributed by atoms with Crippen molar-refractivity contribution in [2.24, 2.45) is 5.92 Å². The molecule has 0 aromatic heterocycles. The topological polar surface area (TPSA) is 26.3 Å². The van der Waals surface area contributed by atoms with Crippen molar-refractivity contribution in [1.29, 1.82) is 0 Å². The second kappa shape index (κ2) is 6.08. The molecule has 0 spiro atoms. The average molecular weight is 266 g/mol. The molecule has 0 aromatic rings. The van der Waals surface area contributed by atoms with Crippen molar-refractivity contribution >= 4 is 5.97 Å². The number of esters is 1. The lowest BCUT2D eigenvalue weighted by atomic mass is 9.81. The zero-order valence-electron chi connectivity index (χ0n) is 12.5. The predicted octanol–water partition coefficient (Wildman–Crippen LogP) is 2.90. The molecule has 0 aliphatic carbocycles. The van der Waals surface area contributed by atoms with Crippen LogP contribution in [0.2, 0.25) is 0 Å². The second-order valence-corrected chi connectivity index (χ2v) is 6.33. The van der Waals surface area contributed by atoms with Gasteiger partial charge in [-0.15, -0.1) is 0 Å². The van der Waals surface area contributed by atoms with E-state index in [9.17, 15) is 4.79 Å². The number of ether oxygens (including phenoxy) is 1. The zero-order chi connectivity index (χ0) is 13.9. The third-order valence-electron chi connectivity index (χ3n) is 5.19. The number of hydrogen-bond acceptors (Lipinski definition) is 2. The Morgan fingerprint density at radius 3 is 2.68 bits per heavy atom. The molecule has 2 saturated heterocycles. The maximum absolute atomic E-state index is 11.6. The summed E-state index contributed by atoms with van der Waals surface area (Å²) in [6.07, 6.45) is 6.51. The molecule has 0 radical (unpaired) electrons. The highest BCUT2D eigenvalue weighted by Crippen LogP contribution is 2.37. The summed E-state index contributed by atoms with van der Waals surface area (Å²) in [6, 6.07) is 0.713. The van der Waals surface area contributed by atoms with Gasteiger partial charge < -0.3 is 9.22 Å². The number of nitrogens with zero attached hydrogens (tertiary/aromatic N) is 1. The summed E-state index contributed by atoms with van der Waals surface area (Å²) in [4.78, 5) is 11.6. The van der Waals surface area contributed by atoms with Gasteiger partial charge in [-0.2, -0.15) is 0 Å². The lowest BCUT2D eigenvalue weighted by Gasteiger charge is -2.53. The number of fused-ring (bicyclic) bond motifs is 1. The van der Waals surface area contributed by atoms with Gasteiger partial charge in [0.05, 0.1) is 25.7 Å². The first-order valence-corrected chi connectivity index (χ1v) is 7.77. The summed E-state index contributed by atoms with van der Waals surface area (Å²) in [5.74, 6) is 0.327. The van der Waals surface area contributed by atoms with Crippen molar-refractivity contribution in [3.05, 3.63) is 12.2 Å². The molecular weight excluding hydrogens is 238 g/mol. The Labute approximate surface area is 117 Å². The SMILES string of the molecule is C=C(C)C(=O)OCC1CCC[N+]2(CC)CCCCC12. The summed E-state index contributed by atoms with van der Waals surface area (Å²) >= 11 is 0. The molecule has 0 aromatic carbocycles. The van der Waals surface area contributed by atoms with Crippen molar-refractivity contribution in [2.75, 3.05) is 26.2 Å². The highest BCUT2D eigenvalue weighted by Gasteiger charge is 2.45. The van der Waals surface area contributed by atoms with Crippen LogP contribution in [0, 0.1) is 5.92 Å². The van der Waals surface area contributed by atoms with Crippen LogP contribution < -0.4 is 0 Å². The molecule has 0 N–H and O–H groups in total. The maximum atomic E-state index is 11.6. The Morgan fingerprint density at radius 1 is 1.26 bits per heavy atom. The van der Waals surface area contributed by atoms with Gasteiger partial charge in [0.15, 0.2) is 0 Å². The first-order chi connectivity index (χ1) is 9.09. The average Bonchev–Trinajstić information content (AvgIpc) is 2.44. The van der Waals surface area contributed by atoms with Crippen LogP contribution in [-0.2, 0) is 9.53 Å². The van der Waals surface area contributed by atoms with Crippen molar-refractivity contribution in [1.82, 2.24) is 0 Å². The molecule has 2 aliphatic heterocycles. The maximum Gasteiger partial charge on any atom is 0.333 e. The summed E-state index contributed by atoms with van der Waals surface area (Å²) < 4.78 is 6.71. The van der Waals surface area contributed by atoms with Crippen molar-refractivity contribution in [3.63, 3.8) is 0 Å². The van der Waals surface area contributed by atoms with E-state index in [1.165, 1.54) is 56.2 Å². The largest absolute Gasteiger partial charge is 0.462 e. The third-order valence-corrected chi connectivity index (χ3v) is 5.19. The predicted molar refractivity (Wildman–Crippen MR) is 76.7 cm³/mol. The van der Waals surface area contributed by atoms with Crippen LogP contribution in [0.15, 0.2) is 12.2 Å². The number of carbonyl (C=O) groups excluding carboxylic acids is 1. The standard InChI is InChI=1S/C16H28NO2/c1-4-17-10-6-5-9-15(17)14(8-7-11-17)12-19-16(18)13(2)3/h14-15H,2,4-12H2,1,3H3/q+1. The minimum Gasteiger partial charge on any atom is -0.462 e. The van der Waals surface area contributed by atoms with Crippen LogP contribution in [0.4, 0.5) is 0 Å². The molecule has 2 heterocycles. The van der Waals surface area contributed by atoms with E-state index in [4.69, 9.17) is 4.74 Å². The Balaban J connectivity index is 2.00. The molecule has 2 aliphatic rings. The van der Waals surface area contributed by atoms with Crippen molar-refractivity contribution in [3.8, 4) is 0 Å². The first kappa shape index (κ1) is 14.6. The fraction of sp³-hybridized carbons (Fsp3) is 0.812. The van der Waals surface area contributed by atoms with Crippen LogP contribution in [0.25, 0.3) is 0 Å². The molecule has 3 nitrogen and oxygen atoms in total. The summed E-state index contributed by atoms with van der Waals surface area (Å²) in [6.45, 7) is 12.2.